The smallest absolute Gasteiger partial charge is 0.343 e. The molecule has 1 aliphatic heterocycles. The van der Waals surface area contributed by atoms with Gasteiger partial charge >= 0.3 is 6.30 Å². The number of halogens is 3. The Bertz CT molecular complexity index is 1310. The molecule has 1 aliphatic rings. The second kappa shape index (κ2) is 10.3. The average Bonchev–Trinajstić information content (AvgIpc) is 2.97. The minimum Gasteiger partial charge on any atom is -0.343 e. The van der Waals surface area contributed by atoms with E-state index in [-0.39, 0.29) is 10.6 Å². The summed E-state index contributed by atoms with van der Waals surface area (Å²) in [6.07, 6.45) is -4.81. The Balaban J connectivity index is 1.51. The molecule has 0 saturated heterocycles. The molecule has 7 nitrogen and oxygen atoms in total. The molecule has 0 spiro atoms. The molecule has 0 aliphatic carbocycles. The maximum atomic E-state index is 13.6. The maximum absolute atomic E-state index is 13.6. The number of nitrogens with one attached hydrogen (secondary N) is 2. The van der Waals surface area contributed by atoms with Crippen LogP contribution in [0.5, 0.6) is 0 Å². The molecular formula is C27H25F3N4O3. The molecule has 192 valence electrons. The lowest BCUT2D eigenvalue weighted by Gasteiger charge is -2.28. The highest BCUT2D eigenvalue weighted by molar-refractivity contribution is 6.06. The van der Waals surface area contributed by atoms with Crippen molar-refractivity contribution in [2.75, 3.05) is 16.5 Å². The van der Waals surface area contributed by atoms with E-state index in [9.17, 15) is 27.6 Å². The fourth-order valence-electron chi connectivity index (χ4n) is 4.22. The SMILES string of the molecule is CC1C(=O)N(NC(=O)[C@H](C)NC(=O)CN(c2ccccc2)C(F)(F)F)c2ccccc2-c2ccccc21. The number of nitrogens with zero attached hydrogens (tertiary/aromatic N) is 2. The summed E-state index contributed by atoms with van der Waals surface area (Å²) in [7, 11) is 0. The quantitative estimate of drug-likeness (QED) is 0.483. The van der Waals surface area contributed by atoms with E-state index < -0.39 is 42.5 Å². The first-order valence-electron chi connectivity index (χ1n) is 11.6. The van der Waals surface area contributed by atoms with E-state index in [1.165, 1.54) is 31.2 Å². The molecule has 0 saturated carbocycles. The first kappa shape index (κ1) is 25.7. The molecule has 0 aromatic heterocycles. The van der Waals surface area contributed by atoms with Crippen LogP contribution < -0.4 is 20.7 Å². The van der Waals surface area contributed by atoms with Crippen molar-refractivity contribution >= 4 is 29.1 Å². The van der Waals surface area contributed by atoms with Gasteiger partial charge in [-0.15, -0.1) is 0 Å². The van der Waals surface area contributed by atoms with Crippen molar-refractivity contribution in [1.29, 1.82) is 0 Å². The van der Waals surface area contributed by atoms with Crippen molar-refractivity contribution < 1.29 is 27.6 Å². The van der Waals surface area contributed by atoms with Gasteiger partial charge in [-0.3, -0.25) is 24.7 Å². The van der Waals surface area contributed by atoms with E-state index in [1.807, 2.05) is 36.4 Å². The number of carbonyl (C=O) groups excluding carboxylic acids is 3. The number of hydrogen-bond acceptors (Lipinski definition) is 4. The molecule has 4 rings (SSSR count). The van der Waals surface area contributed by atoms with Gasteiger partial charge in [0.1, 0.15) is 12.6 Å². The lowest BCUT2D eigenvalue weighted by molar-refractivity contribution is -0.139. The standard InChI is InChI=1S/C27H25F3N4O3/c1-17-20-12-6-7-13-21(20)22-14-8-9-15-23(22)34(26(17)37)32-25(36)18(2)31-24(35)16-33(27(28,29)30)19-10-4-3-5-11-19/h3-15,17-18H,16H2,1-2H3,(H,31,35)(H,32,36)/t17?,18-/m0/s1. The van der Waals surface area contributed by atoms with Crippen LogP contribution in [0.4, 0.5) is 24.5 Å². The second-order valence-electron chi connectivity index (χ2n) is 8.65. The zero-order chi connectivity index (χ0) is 26.7. The average molecular weight is 511 g/mol. The number of alkyl halides is 3. The van der Waals surface area contributed by atoms with Crippen LogP contribution in [0.15, 0.2) is 78.9 Å². The predicted molar refractivity (Wildman–Crippen MR) is 133 cm³/mol. The Hall–Kier alpha value is -4.34. The largest absolute Gasteiger partial charge is 0.485 e. The van der Waals surface area contributed by atoms with Crippen molar-refractivity contribution in [2.45, 2.75) is 32.1 Å². The van der Waals surface area contributed by atoms with Crippen LogP contribution in [0, 0.1) is 0 Å². The molecular weight excluding hydrogens is 485 g/mol. The second-order valence-corrected chi connectivity index (χ2v) is 8.65. The lowest BCUT2D eigenvalue weighted by Crippen LogP contribution is -2.55. The summed E-state index contributed by atoms with van der Waals surface area (Å²) < 4.78 is 40.7. The van der Waals surface area contributed by atoms with Gasteiger partial charge in [-0.25, -0.2) is 5.01 Å². The maximum Gasteiger partial charge on any atom is 0.485 e. The normalized spacial score (nSPS) is 15.6. The van der Waals surface area contributed by atoms with E-state index in [4.69, 9.17) is 0 Å². The van der Waals surface area contributed by atoms with Crippen LogP contribution >= 0.6 is 0 Å². The molecule has 0 radical (unpaired) electrons. The first-order valence-corrected chi connectivity index (χ1v) is 11.6. The van der Waals surface area contributed by atoms with Crippen molar-refractivity contribution in [3.05, 3.63) is 84.4 Å². The van der Waals surface area contributed by atoms with E-state index >= 15 is 0 Å². The Morgan fingerprint density at radius 2 is 1.54 bits per heavy atom. The first-order chi connectivity index (χ1) is 17.6. The number of carbonyl (C=O) groups is 3. The number of hydrazine groups is 1. The van der Waals surface area contributed by atoms with E-state index in [0.29, 0.717) is 5.69 Å². The number of amides is 3. The van der Waals surface area contributed by atoms with E-state index in [1.54, 1.807) is 25.1 Å². The molecule has 3 amide bonds. The molecule has 1 heterocycles. The third-order valence-corrected chi connectivity index (χ3v) is 6.12. The Morgan fingerprint density at radius 1 is 0.946 bits per heavy atom. The Labute approximate surface area is 211 Å². The van der Waals surface area contributed by atoms with Crippen molar-refractivity contribution in [3.63, 3.8) is 0 Å². The summed E-state index contributed by atoms with van der Waals surface area (Å²) in [6.45, 7) is 2.02. The number of fused-ring (bicyclic) bond motifs is 3. The summed E-state index contributed by atoms with van der Waals surface area (Å²) in [6, 6.07) is 20.2. The molecule has 2 N–H and O–H groups in total. The predicted octanol–water partition coefficient (Wildman–Crippen LogP) is 4.37. The van der Waals surface area contributed by atoms with Crippen LogP contribution in [-0.2, 0) is 14.4 Å². The number of anilines is 2. The molecule has 10 heteroatoms. The Morgan fingerprint density at radius 3 is 2.22 bits per heavy atom. The van der Waals surface area contributed by atoms with Crippen LogP contribution in [0.25, 0.3) is 11.1 Å². The van der Waals surface area contributed by atoms with Crippen molar-refractivity contribution in [3.8, 4) is 11.1 Å². The number of rotatable bonds is 6. The van der Waals surface area contributed by atoms with Gasteiger partial charge in [0.15, 0.2) is 0 Å². The fraction of sp³-hybridized carbons (Fsp3) is 0.222. The number of hydrogen-bond donors (Lipinski definition) is 2. The Kier molecular flexibility index (Phi) is 7.19. The molecule has 37 heavy (non-hydrogen) atoms. The summed E-state index contributed by atoms with van der Waals surface area (Å²) in [5, 5.41) is 3.43. The van der Waals surface area contributed by atoms with Gasteiger partial charge < -0.3 is 5.32 Å². The van der Waals surface area contributed by atoms with Gasteiger partial charge in [0, 0.05) is 11.3 Å². The zero-order valence-corrected chi connectivity index (χ0v) is 20.1. The summed E-state index contributed by atoms with van der Waals surface area (Å²) in [4.78, 5) is 38.8. The van der Waals surface area contributed by atoms with Gasteiger partial charge in [-0.2, -0.15) is 13.2 Å². The highest BCUT2D eigenvalue weighted by Crippen LogP contribution is 2.40. The zero-order valence-electron chi connectivity index (χ0n) is 20.1. The highest BCUT2D eigenvalue weighted by Gasteiger charge is 2.39. The van der Waals surface area contributed by atoms with Crippen LogP contribution in [-0.4, -0.2) is 36.6 Å². The molecule has 1 unspecified atom stereocenters. The molecule has 0 bridgehead atoms. The van der Waals surface area contributed by atoms with Gasteiger partial charge in [0.25, 0.3) is 11.8 Å². The van der Waals surface area contributed by atoms with Crippen LogP contribution in [0.3, 0.4) is 0 Å². The molecule has 3 aromatic carbocycles. The van der Waals surface area contributed by atoms with Gasteiger partial charge in [0.2, 0.25) is 5.91 Å². The van der Waals surface area contributed by atoms with Crippen molar-refractivity contribution in [2.24, 2.45) is 0 Å². The minimum atomic E-state index is -4.81. The van der Waals surface area contributed by atoms with Crippen molar-refractivity contribution in [1.82, 2.24) is 10.7 Å². The van der Waals surface area contributed by atoms with Gasteiger partial charge in [-0.05, 0) is 43.2 Å². The third-order valence-electron chi connectivity index (χ3n) is 6.12. The fourth-order valence-corrected chi connectivity index (χ4v) is 4.22. The van der Waals surface area contributed by atoms with E-state index in [0.717, 1.165) is 21.7 Å². The molecule has 3 aromatic rings. The van der Waals surface area contributed by atoms with Crippen LogP contribution in [0.1, 0.15) is 25.3 Å². The monoisotopic (exact) mass is 510 g/mol. The van der Waals surface area contributed by atoms with E-state index in [2.05, 4.69) is 10.7 Å². The summed E-state index contributed by atoms with van der Waals surface area (Å²) in [5.74, 6) is -2.74. The summed E-state index contributed by atoms with van der Waals surface area (Å²) in [5.41, 5.74) is 5.17. The highest BCUT2D eigenvalue weighted by atomic mass is 19.4. The third kappa shape index (κ3) is 5.42. The van der Waals surface area contributed by atoms with Gasteiger partial charge in [0.05, 0.1) is 11.6 Å². The minimum absolute atomic E-state index is 0.0135. The van der Waals surface area contributed by atoms with Crippen LogP contribution in [0.2, 0.25) is 0 Å². The topological polar surface area (TPSA) is 81.8 Å². The number of para-hydroxylation sites is 2. The van der Waals surface area contributed by atoms with Gasteiger partial charge in [-0.1, -0.05) is 60.7 Å². The lowest BCUT2D eigenvalue weighted by atomic mass is 9.92. The number of benzene rings is 3. The molecule has 0 fully saturated rings. The summed E-state index contributed by atoms with van der Waals surface area (Å²) >= 11 is 0. The molecule has 2 atom stereocenters.